The Morgan fingerprint density at radius 1 is 1.53 bits per heavy atom. The number of ether oxygens (including phenoxy) is 1. The fourth-order valence-corrected chi connectivity index (χ4v) is 1.89. The van der Waals surface area contributed by atoms with Crippen LogP contribution in [0.15, 0.2) is 17.7 Å². The first-order valence-corrected chi connectivity index (χ1v) is 5.99. The maximum absolute atomic E-state index is 13.9. The normalized spacial score (nSPS) is 13.4. The van der Waals surface area contributed by atoms with Crippen LogP contribution >= 0.6 is 15.9 Å². The summed E-state index contributed by atoms with van der Waals surface area (Å²) >= 11 is 2.99. The molecule has 0 aliphatic carbocycles. The number of halogens is 2. The van der Waals surface area contributed by atoms with Gasteiger partial charge >= 0.3 is 0 Å². The Balaban J connectivity index is 2.51. The van der Waals surface area contributed by atoms with Gasteiger partial charge in [-0.05, 0) is 12.1 Å². The number of hydrogen-bond acceptors (Lipinski definition) is 3. The molecular formula is C12H8BrFO3. The van der Waals surface area contributed by atoms with Gasteiger partial charge in [-0.25, -0.2) is 4.39 Å². The van der Waals surface area contributed by atoms with Crippen molar-refractivity contribution >= 4 is 34.1 Å². The van der Waals surface area contributed by atoms with E-state index in [1.807, 2.05) is 0 Å². The Labute approximate surface area is 105 Å². The van der Waals surface area contributed by atoms with Crippen molar-refractivity contribution in [1.29, 1.82) is 0 Å². The fraction of sp³-hybridized carbons (Fsp3) is 0.167. The van der Waals surface area contributed by atoms with Crippen LogP contribution in [0.4, 0.5) is 4.39 Å². The maximum atomic E-state index is 13.9. The highest BCUT2D eigenvalue weighted by Crippen LogP contribution is 2.31. The molecule has 1 aliphatic rings. The van der Waals surface area contributed by atoms with Crippen LogP contribution in [0.5, 0.6) is 5.75 Å². The van der Waals surface area contributed by atoms with Crippen molar-refractivity contribution in [3.05, 3.63) is 34.6 Å². The molecule has 5 heteroatoms. The zero-order valence-corrected chi connectivity index (χ0v) is 10.3. The lowest BCUT2D eigenvalue weighted by molar-refractivity contribution is -0.105. The summed E-state index contributed by atoms with van der Waals surface area (Å²) < 4.78 is 19.1. The van der Waals surface area contributed by atoms with Crippen LogP contribution in [0.2, 0.25) is 0 Å². The molecular weight excluding hydrogens is 291 g/mol. The molecule has 0 aromatic heterocycles. The predicted octanol–water partition coefficient (Wildman–Crippen LogP) is 2.38. The monoisotopic (exact) mass is 298 g/mol. The number of carbonyl (C=O) groups is 2. The Hall–Kier alpha value is -1.49. The van der Waals surface area contributed by atoms with Crippen LogP contribution in [-0.4, -0.2) is 24.0 Å². The quantitative estimate of drug-likeness (QED) is 0.489. The summed E-state index contributed by atoms with van der Waals surface area (Å²) in [7, 11) is 0. The molecule has 2 rings (SSSR count). The molecule has 0 atom stereocenters. The number of fused-ring (bicyclic) bond motifs is 1. The van der Waals surface area contributed by atoms with E-state index < -0.39 is 5.82 Å². The van der Waals surface area contributed by atoms with E-state index in [9.17, 15) is 14.0 Å². The fourth-order valence-electron chi connectivity index (χ4n) is 1.58. The average Bonchev–Trinajstić information content (AvgIpc) is 2.38. The second-order valence-corrected chi connectivity index (χ2v) is 4.09. The smallest absolute Gasteiger partial charge is 0.176 e. The number of aldehydes is 1. The van der Waals surface area contributed by atoms with Gasteiger partial charge in [0.25, 0.3) is 0 Å². The SMILES string of the molecule is O=CC1=Cc2ccc(C(=O)CBr)c(F)c2OC1. The first-order valence-electron chi connectivity index (χ1n) is 4.87. The average molecular weight is 299 g/mol. The summed E-state index contributed by atoms with van der Waals surface area (Å²) in [6.45, 7) is 0.0272. The van der Waals surface area contributed by atoms with Crippen molar-refractivity contribution in [3.8, 4) is 5.75 Å². The van der Waals surface area contributed by atoms with Crippen LogP contribution in [0.25, 0.3) is 6.08 Å². The highest BCUT2D eigenvalue weighted by Gasteiger charge is 2.21. The van der Waals surface area contributed by atoms with Gasteiger partial charge in [0.1, 0.15) is 12.9 Å². The zero-order valence-electron chi connectivity index (χ0n) is 8.70. The molecule has 1 aromatic rings. The van der Waals surface area contributed by atoms with Gasteiger partial charge < -0.3 is 4.74 Å². The van der Waals surface area contributed by atoms with E-state index in [0.29, 0.717) is 17.4 Å². The number of ketones is 1. The molecule has 3 nitrogen and oxygen atoms in total. The van der Waals surface area contributed by atoms with Gasteiger partial charge in [0.05, 0.1) is 10.9 Å². The molecule has 1 aromatic carbocycles. The predicted molar refractivity (Wildman–Crippen MR) is 64.1 cm³/mol. The third-order valence-corrected chi connectivity index (χ3v) is 2.93. The lowest BCUT2D eigenvalue weighted by Gasteiger charge is -2.16. The lowest BCUT2D eigenvalue weighted by Crippen LogP contribution is -2.12. The summed E-state index contributed by atoms with van der Waals surface area (Å²) in [5, 5.41) is 0.0537. The molecule has 1 heterocycles. The van der Waals surface area contributed by atoms with Gasteiger partial charge in [-0.3, -0.25) is 9.59 Å². The Bertz CT molecular complexity index is 523. The van der Waals surface area contributed by atoms with Crippen LogP contribution in [0, 0.1) is 5.82 Å². The lowest BCUT2D eigenvalue weighted by atomic mass is 10.0. The molecule has 0 bridgehead atoms. The molecule has 0 fully saturated rings. The minimum atomic E-state index is -0.673. The van der Waals surface area contributed by atoms with Gasteiger partial charge in [-0.2, -0.15) is 0 Å². The van der Waals surface area contributed by atoms with E-state index in [-0.39, 0.29) is 29.0 Å². The first kappa shape index (κ1) is 12.0. The maximum Gasteiger partial charge on any atom is 0.176 e. The minimum Gasteiger partial charge on any atom is -0.485 e. The number of rotatable bonds is 3. The molecule has 0 saturated carbocycles. The summed E-state index contributed by atoms with van der Waals surface area (Å²) in [5.41, 5.74) is 0.905. The van der Waals surface area contributed by atoms with Crippen LogP contribution in [-0.2, 0) is 4.79 Å². The summed E-state index contributed by atoms with van der Waals surface area (Å²) in [6.07, 6.45) is 2.22. The number of hydrogen-bond donors (Lipinski definition) is 0. The summed E-state index contributed by atoms with van der Waals surface area (Å²) in [6, 6.07) is 2.96. The van der Waals surface area contributed by atoms with Crippen LogP contribution in [0.1, 0.15) is 15.9 Å². The van der Waals surface area contributed by atoms with Crippen molar-refractivity contribution in [3.63, 3.8) is 0 Å². The topological polar surface area (TPSA) is 43.4 Å². The zero-order chi connectivity index (χ0) is 12.4. The van der Waals surface area contributed by atoms with Gasteiger partial charge in [-0.1, -0.05) is 22.0 Å². The molecule has 0 N–H and O–H groups in total. The van der Waals surface area contributed by atoms with E-state index in [4.69, 9.17) is 4.74 Å². The van der Waals surface area contributed by atoms with Crippen molar-refractivity contribution in [2.75, 3.05) is 11.9 Å². The van der Waals surface area contributed by atoms with E-state index in [0.717, 1.165) is 0 Å². The van der Waals surface area contributed by atoms with Gasteiger partial charge in [0.15, 0.2) is 17.3 Å². The van der Waals surface area contributed by atoms with E-state index in [1.54, 1.807) is 12.1 Å². The highest BCUT2D eigenvalue weighted by atomic mass is 79.9. The van der Waals surface area contributed by atoms with Gasteiger partial charge in [-0.15, -0.1) is 0 Å². The molecule has 0 radical (unpaired) electrons. The van der Waals surface area contributed by atoms with E-state index >= 15 is 0 Å². The molecule has 0 saturated heterocycles. The molecule has 88 valence electrons. The second-order valence-electron chi connectivity index (χ2n) is 3.53. The number of alkyl halides is 1. The minimum absolute atomic E-state index is 0.0106. The van der Waals surface area contributed by atoms with Gasteiger partial charge in [0, 0.05) is 11.1 Å². The third-order valence-electron chi connectivity index (χ3n) is 2.42. The molecule has 0 spiro atoms. The molecule has 17 heavy (non-hydrogen) atoms. The Morgan fingerprint density at radius 2 is 2.29 bits per heavy atom. The first-order chi connectivity index (χ1) is 8.17. The van der Waals surface area contributed by atoms with E-state index in [2.05, 4.69) is 15.9 Å². The number of carbonyl (C=O) groups excluding carboxylic acids is 2. The van der Waals surface area contributed by atoms with Crippen molar-refractivity contribution in [2.45, 2.75) is 0 Å². The standard InChI is InChI=1S/C12H8BrFO3/c13-4-10(16)9-2-1-8-3-7(5-15)6-17-12(8)11(9)14/h1-3,5H,4,6H2. The second kappa shape index (κ2) is 4.79. The summed E-state index contributed by atoms with van der Waals surface area (Å²) in [5.74, 6) is -0.991. The van der Waals surface area contributed by atoms with Crippen molar-refractivity contribution < 1.29 is 18.7 Å². The Kier molecular flexibility index (Phi) is 3.38. The number of Topliss-reactive ketones (excluding diaryl/α,β-unsaturated/α-hetero) is 1. The highest BCUT2D eigenvalue weighted by molar-refractivity contribution is 9.09. The van der Waals surface area contributed by atoms with Crippen LogP contribution < -0.4 is 4.74 Å². The molecule has 0 unspecified atom stereocenters. The van der Waals surface area contributed by atoms with Crippen molar-refractivity contribution in [1.82, 2.24) is 0 Å². The van der Waals surface area contributed by atoms with Crippen molar-refractivity contribution in [2.24, 2.45) is 0 Å². The summed E-state index contributed by atoms with van der Waals surface area (Å²) in [4.78, 5) is 22.0. The molecule has 1 aliphatic heterocycles. The van der Waals surface area contributed by atoms with Gasteiger partial charge in [0.2, 0.25) is 0 Å². The van der Waals surface area contributed by atoms with E-state index in [1.165, 1.54) is 6.07 Å². The number of benzene rings is 1. The third kappa shape index (κ3) is 2.15. The molecule has 0 amide bonds. The Morgan fingerprint density at radius 3 is 2.94 bits per heavy atom. The van der Waals surface area contributed by atoms with Crippen LogP contribution in [0.3, 0.4) is 0 Å². The largest absolute Gasteiger partial charge is 0.485 e.